The minimum absolute atomic E-state index is 0.0515. The molecule has 1 aliphatic carbocycles. The maximum atomic E-state index is 12.7. The van der Waals surface area contributed by atoms with Gasteiger partial charge in [0.15, 0.2) is 0 Å². The molecule has 2 aromatic carbocycles. The maximum Gasteiger partial charge on any atom is 0.307 e. The minimum Gasteiger partial charge on any atom is -0.469 e. The van der Waals surface area contributed by atoms with Crippen LogP contribution in [0.25, 0.3) is 0 Å². The molecule has 0 aromatic heterocycles. The van der Waals surface area contributed by atoms with Gasteiger partial charge in [0.05, 0.1) is 19.6 Å². The summed E-state index contributed by atoms with van der Waals surface area (Å²) in [5.74, 6) is -0.375. The second-order valence-electron chi connectivity index (χ2n) is 6.72. The van der Waals surface area contributed by atoms with Crippen LogP contribution in [0.3, 0.4) is 0 Å². The highest BCUT2D eigenvalue weighted by Gasteiger charge is 2.45. The summed E-state index contributed by atoms with van der Waals surface area (Å²) in [6.45, 7) is 2.00. The number of ether oxygens (including phenoxy) is 1. The van der Waals surface area contributed by atoms with E-state index in [9.17, 15) is 9.59 Å². The molecule has 4 nitrogen and oxygen atoms in total. The second-order valence-corrected chi connectivity index (χ2v) is 7.13. The SMILES string of the molecule is COC(=O)CC(NC(=O)C1CC1c1ccccc1Cl)c1ccc(C)cc1. The van der Waals surface area contributed by atoms with E-state index in [1.54, 1.807) is 0 Å². The van der Waals surface area contributed by atoms with Crippen LogP contribution >= 0.6 is 11.6 Å². The second kappa shape index (κ2) is 7.92. The third-order valence-electron chi connectivity index (χ3n) is 4.83. The molecule has 0 radical (unpaired) electrons. The fraction of sp³-hybridized carbons (Fsp3) is 0.333. The average molecular weight is 372 g/mol. The van der Waals surface area contributed by atoms with E-state index in [0.29, 0.717) is 5.02 Å². The van der Waals surface area contributed by atoms with E-state index in [-0.39, 0.29) is 30.1 Å². The molecule has 0 saturated heterocycles. The number of esters is 1. The smallest absolute Gasteiger partial charge is 0.307 e. The lowest BCUT2D eigenvalue weighted by Crippen LogP contribution is -2.32. The fourth-order valence-electron chi connectivity index (χ4n) is 3.18. The third-order valence-corrected chi connectivity index (χ3v) is 5.17. The number of rotatable bonds is 6. The first kappa shape index (κ1) is 18.5. The lowest BCUT2D eigenvalue weighted by molar-refractivity contribution is -0.141. The zero-order chi connectivity index (χ0) is 18.7. The molecule has 1 saturated carbocycles. The molecule has 3 unspecified atom stereocenters. The molecule has 3 atom stereocenters. The number of benzene rings is 2. The van der Waals surface area contributed by atoms with Crippen molar-refractivity contribution in [2.75, 3.05) is 7.11 Å². The van der Waals surface area contributed by atoms with Crippen LogP contribution in [0.15, 0.2) is 48.5 Å². The van der Waals surface area contributed by atoms with Crippen LogP contribution in [-0.2, 0) is 14.3 Å². The van der Waals surface area contributed by atoms with Crippen LogP contribution in [0.5, 0.6) is 0 Å². The first-order valence-electron chi connectivity index (χ1n) is 8.67. The van der Waals surface area contributed by atoms with Crippen molar-refractivity contribution in [2.24, 2.45) is 5.92 Å². The Balaban J connectivity index is 1.71. The minimum atomic E-state index is -0.400. The molecule has 26 heavy (non-hydrogen) atoms. The Morgan fingerprint density at radius 1 is 1.19 bits per heavy atom. The molecule has 1 aliphatic rings. The number of carbonyl (C=O) groups excluding carboxylic acids is 2. The zero-order valence-electron chi connectivity index (χ0n) is 14.9. The van der Waals surface area contributed by atoms with Crippen molar-refractivity contribution >= 4 is 23.5 Å². The Morgan fingerprint density at radius 2 is 1.88 bits per heavy atom. The molecule has 136 valence electrons. The third kappa shape index (κ3) is 4.25. The lowest BCUT2D eigenvalue weighted by atomic mass is 10.0. The summed E-state index contributed by atoms with van der Waals surface area (Å²) in [6.07, 6.45) is 0.878. The van der Waals surface area contributed by atoms with Gasteiger partial charge in [0, 0.05) is 10.9 Å². The summed E-state index contributed by atoms with van der Waals surface area (Å²) < 4.78 is 4.78. The topological polar surface area (TPSA) is 55.4 Å². The Labute approximate surface area is 158 Å². The maximum absolute atomic E-state index is 12.7. The highest BCUT2D eigenvalue weighted by molar-refractivity contribution is 6.31. The Morgan fingerprint density at radius 3 is 2.54 bits per heavy atom. The van der Waals surface area contributed by atoms with E-state index < -0.39 is 6.04 Å². The standard InChI is InChI=1S/C21H22ClNO3/c1-13-7-9-14(10-8-13)19(12-20(24)26-2)23-21(25)17-11-16(17)15-5-3-4-6-18(15)22/h3-10,16-17,19H,11-12H2,1-2H3,(H,23,25). The van der Waals surface area contributed by atoms with E-state index >= 15 is 0 Å². The predicted molar refractivity (Wildman–Crippen MR) is 101 cm³/mol. The van der Waals surface area contributed by atoms with Crippen molar-refractivity contribution in [3.05, 3.63) is 70.2 Å². The van der Waals surface area contributed by atoms with Gasteiger partial charge in [-0.3, -0.25) is 9.59 Å². The molecule has 1 N–H and O–H groups in total. The largest absolute Gasteiger partial charge is 0.469 e. The van der Waals surface area contributed by atoms with Gasteiger partial charge in [-0.2, -0.15) is 0 Å². The van der Waals surface area contributed by atoms with Crippen LogP contribution < -0.4 is 5.32 Å². The van der Waals surface area contributed by atoms with Gasteiger partial charge in [0.2, 0.25) is 5.91 Å². The summed E-state index contributed by atoms with van der Waals surface area (Å²) >= 11 is 6.24. The molecule has 0 bridgehead atoms. The highest BCUT2D eigenvalue weighted by atomic mass is 35.5. The summed E-state index contributed by atoms with van der Waals surface area (Å²) in [7, 11) is 1.35. The Bertz CT molecular complexity index is 803. The first-order chi connectivity index (χ1) is 12.5. The monoisotopic (exact) mass is 371 g/mol. The number of methoxy groups -OCH3 is 1. The molecule has 5 heteroatoms. The highest BCUT2D eigenvalue weighted by Crippen LogP contribution is 2.49. The van der Waals surface area contributed by atoms with Gasteiger partial charge in [0.1, 0.15) is 0 Å². The molecule has 0 spiro atoms. The molecule has 1 fully saturated rings. The number of nitrogens with one attached hydrogen (secondary N) is 1. The van der Waals surface area contributed by atoms with Crippen molar-refractivity contribution in [1.82, 2.24) is 5.32 Å². The van der Waals surface area contributed by atoms with Crippen LogP contribution in [-0.4, -0.2) is 19.0 Å². The molecule has 1 amide bonds. The Kier molecular flexibility index (Phi) is 5.62. The number of carbonyl (C=O) groups is 2. The lowest BCUT2D eigenvalue weighted by Gasteiger charge is -2.18. The molecule has 0 aliphatic heterocycles. The quantitative estimate of drug-likeness (QED) is 0.775. The number of hydrogen-bond donors (Lipinski definition) is 1. The molecule has 2 aromatic rings. The van der Waals surface area contributed by atoms with Gasteiger partial charge in [-0.1, -0.05) is 59.6 Å². The summed E-state index contributed by atoms with van der Waals surface area (Å²) in [6, 6.07) is 15.0. The number of amides is 1. The van der Waals surface area contributed by atoms with Crippen molar-refractivity contribution in [3.8, 4) is 0 Å². The molecule has 3 rings (SSSR count). The molecular weight excluding hydrogens is 350 g/mol. The van der Waals surface area contributed by atoms with Crippen LogP contribution in [0.4, 0.5) is 0 Å². The van der Waals surface area contributed by atoms with Gasteiger partial charge < -0.3 is 10.1 Å². The number of aryl methyl sites for hydroxylation is 1. The summed E-state index contributed by atoms with van der Waals surface area (Å²) in [5, 5.41) is 3.71. The molecular formula is C21H22ClNO3. The fourth-order valence-corrected chi connectivity index (χ4v) is 3.46. The van der Waals surface area contributed by atoms with E-state index in [1.807, 2.05) is 55.5 Å². The van der Waals surface area contributed by atoms with Crippen LogP contribution in [0, 0.1) is 12.8 Å². The van der Waals surface area contributed by atoms with Gasteiger partial charge in [-0.25, -0.2) is 0 Å². The zero-order valence-corrected chi connectivity index (χ0v) is 15.6. The predicted octanol–water partition coefficient (Wildman–Crippen LogP) is 4.17. The van der Waals surface area contributed by atoms with E-state index in [2.05, 4.69) is 5.32 Å². The average Bonchev–Trinajstić information content (AvgIpc) is 3.42. The van der Waals surface area contributed by atoms with Crippen molar-refractivity contribution in [1.29, 1.82) is 0 Å². The van der Waals surface area contributed by atoms with Crippen molar-refractivity contribution < 1.29 is 14.3 Å². The van der Waals surface area contributed by atoms with Gasteiger partial charge in [-0.15, -0.1) is 0 Å². The summed E-state index contributed by atoms with van der Waals surface area (Å²) in [4.78, 5) is 24.5. The van der Waals surface area contributed by atoms with Crippen LogP contribution in [0.2, 0.25) is 5.02 Å². The number of hydrogen-bond acceptors (Lipinski definition) is 3. The Hall–Kier alpha value is -2.33. The normalized spacial score (nSPS) is 19.5. The van der Waals surface area contributed by atoms with Crippen LogP contribution in [0.1, 0.15) is 41.5 Å². The van der Waals surface area contributed by atoms with Gasteiger partial charge in [0.25, 0.3) is 0 Å². The van der Waals surface area contributed by atoms with E-state index in [4.69, 9.17) is 16.3 Å². The first-order valence-corrected chi connectivity index (χ1v) is 9.05. The van der Waals surface area contributed by atoms with Crippen molar-refractivity contribution in [2.45, 2.75) is 31.7 Å². The van der Waals surface area contributed by atoms with Gasteiger partial charge in [-0.05, 0) is 36.5 Å². The number of halogens is 1. The van der Waals surface area contributed by atoms with Crippen molar-refractivity contribution in [3.63, 3.8) is 0 Å². The van der Waals surface area contributed by atoms with Gasteiger partial charge >= 0.3 is 5.97 Å². The molecule has 0 heterocycles. The summed E-state index contributed by atoms with van der Waals surface area (Å²) in [5.41, 5.74) is 3.02. The van der Waals surface area contributed by atoms with E-state index in [0.717, 1.165) is 23.1 Å². The van der Waals surface area contributed by atoms with E-state index in [1.165, 1.54) is 7.11 Å².